The maximum atomic E-state index is 11.5. The zero-order valence-corrected chi connectivity index (χ0v) is 8.91. The number of aromatic nitrogens is 2. The molecule has 0 radical (unpaired) electrons. The molecule has 1 aromatic rings. The first-order chi connectivity index (χ1) is 7.61. The highest BCUT2D eigenvalue weighted by atomic mass is 16.7. The first-order valence-corrected chi connectivity index (χ1v) is 4.97. The van der Waals surface area contributed by atoms with E-state index in [0.717, 1.165) is 0 Å². The smallest absolute Gasteiger partial charge is 0.351 e. The molecule has 0 amide bonds. The van der Waals surface area contributed by atoms with Gasteiger partial charge in [0.1, 0.15) is 5.82 Å². The molecule has 3 N–H and O–H groups in total. The van der Waals surface area contributed by atoms with Crippen LogP contribution in [0.25, 0.3) is 0 Å². The topological polar surface area (TPSA) is 93.6 Å². The van der Waals surface area contributed by atoms with Crippen LogP contribution in [0.4, 0.5) is 5.82 Å². The first kappa shape index (κ1) is 11.1. The van der Waals surface area contributed by atoms with Gasteiger partial charge >= 0.3 is 5.69 Å². The van der Waals surface area contributed by atoms with E-state index in [-0.39, 0.29) is 18.5 Å². The Hall–Kier alpha value is -1.44. The second kappa shape index (κ2) is 4.20. The third kappa shape index (κ3) is 1.92. The first-order valence-electron chi connectivity index (χ1n) is 4.97. The van der Waals surface area contributed by atoms with E-state index < -0.39 is 11.9 Å². The van der Waals surface area contributed by atoms with Crippen LogP contribution in [0.2, 0.25) is 0 Å². The van der Waals surface area contributed by atoms with E-state index in [1.807, 2.05) is 0 Å². The number of rotatable bonds is 2. The van der Waals surface area contributed by atoms with Gasteiger partial charge < -0.3 is 10.8 Å². The summed E-state index contributed by atoms with van der Waals surface area (Å²) in [7, 11) is 1.72. The van der Waals surface area contributed by atoms with E-state index in [9.17, 15) is 4.79 Å². The summed E-state index contributed by atoms with van der Waals surface area (Å²) >= 11 is 0. The fourth-order valence-electron chi connectivity index (χ4n) is 1.70. The van der Waals surface area contributed by atoms with Gasteiger partial charge in [-0.3, -0.25) is 9.40 Å². The zero-order chi connectivity index (χ0) is 11.7. The minimum absolute atomic E-state index is 0.00977. The van der Waals surface area contributed by atoms with Crippen LogP contribution in [0.3, 0.4) is 0 Å². The number of aliphatic hydroxyl groups excluding tert-OH is 1. The minimum Gasteiger partial charge on any atom is -0.395 e. The highest BCUT2D eigenvalue weighted by Gasteiger charge is 2.32. The number of aliphatic hydroxyl groups is 1. The van der Waals surface area contributed by atoms with Crippen LogP contribution in [0, 0.1) is 0 Å². The monoisotopic (exact) mass is 226 g/mol. The lowest BCUT2D eigenvalue weighted by atomic mass is 10.2. The van der Waals surface area contributed by atoms with Crippen LogP contribution >= 0.6 is 0 Å². The second-order valence-electron chi connectivity index (χ2n) is 3.72. The molecule has 88 valence electrons. The van der Waals surface area contributed by atoms with Crippen LogP contribution in [0.15, 0.2) is 17.1 Å². The molecule has 1 saturated heterocycles. The van der Waals surface area contributed by atoms with E-state index in [2.05, 4.69) is 4.98 Å². The Bertz CT molecular complexity index is 433. The van der Waals surface area contributed by atoms with Crippen molar-refractivity contribution >= 4 is 5.82 Å². The second-order valence-corrected chi connectivity index (χ2v) is 3.72. The molecule has 1 fully saturated rings. The predicted molar refractivity (Wildman–Crippen MR) is 56.3 cm³/mol. The molecule has 16 heavy (non-hydrogen) atoms. The van der Waals surface area contributed by atoms with Crippen molar-refractivity contribution in [2.45, 2.75) is 18.7 Å². The van der Waals surface area contributed by atoms with Crippen LogP contribution in [0.5, 0.6) is 0 Å². The van der Waals surface area contributed by atoms with Crippen LogP contribution in [0.1, 0.15) is 12.6 Å². The summed E-state index contributed by atoms with van der Waals surface area (Å²) < 4.78 is 1.36. The molecule has 0 unspecified atom stereocenters. The molecule has 0 aromatic carbocycles. The number of anilines is 1. The standard InChI is InChI=1S/C9H14N4O3/c1-12-6(5-14)4-8(16-12)13-3-2-7(10)11-9(13)15/h2-3,6,8,14H,4-5H2,1H3,(H2,10,11,15)/t6-,8-/m1/s1. The summed E-state index contributed by atoms with van der Waals surface area (Å²) in [5.41, 5.74) is 4.94. The number of likely N-dealkylation sites (N-methyl/N-ethyl adjacent to an activating group) is 1. The highest BCUT2D eigenvalue weighted by Crippen LogP contribution is 2.25. The van der Waals surface area contributed by atoms with Gasteiger partial charge in [-0.1, -0.05) is 0 Å². The van der Waals surface area contributed by atoms with Gasteiger partial charge in [-0.2, -0.15) is 10.0 Å². The highest BCUT2D eigenvalue weighted by molar-refractivity contribution is 5.23. The van der Waals surface area contributed by atoms with Gasteiger partial charge in [-0.05, 0) is 6.07 Å². The van der Waals surface area contributed by atoms with Crippen molar-refractivity contribution in [2.75, 3.05) is 19.4 Å². The molecule has 2 rings (SSSR count). The van der Waals surface area contributed by atoms with E-state index in [1.54, 1.807) is 18.3 Å². The number of hydroxylamine groups is 2. The molecule has 1 aromatic heterocycles. The lowest BCUT2D eigenvalue weighted by Gasteiger charge is -2.14. The Labute approximate surface area is 92.0 Å². The number of hydrogen-bond donors (Lipinski definition) is 2. The molecule has 0 bridgehead atoms. The van der Waals surface area contributed by atoms with Crippen molar-refractivity contribution in [1.82, 2.24) is 14.6 Å². The molecule has 1 aliphatic rings. The van der Waals surface area contributed by atoms with Crippen molar-refractivity contribution in [3.63, 3.8) is 0 Å². The average molecular weight is 226 g/mol. The third-order valence-electron chi connectivity index (χ3n) is 2.65. The summed E-state index contributed by atoms with van der Waals surface area (Å²) in [6, 6.07) is 1.44. The fourth-order valence-corrected chi connectivity index (χ4v) is 1.70. The zero-order valence-electron chi connectivity index (χ0n) is 8.91. The maximum Gasteiger partial charge on any atom is 0.351 e. The van der Waals surface area contributed by atoms with Crippen molar-refractivity contribution < 1.29 is 9.94 Å². The van der Waals surface area contributed by atoms with E-state index in [4.69, 9.17) is 15.7 Å². The Morgan fingerprint density at radius 3 is 3.06 bits per heavy atom. The largest absolute Gasteiger partial charge is 0.395 e. The molecule has 7 heteroatoms. The third-order valence-corrected chi connectivity index (χ3v) is 2.65. The van der Waals surface area contributed by atoms with Crippen molar-refractivity contribution in [2.24, 2.45) is 0 Å². The molecule has 0 spiro atoms. The van der Waals surface area contributed by atoms with Gasteiger partial charge in [0.15, 0.2) is 6.23 Å². The molecule has 0 aliphatic carbocycles. The quantitative estimate of drug-likeness (QED) is 0.668. The van der Waals surface area contributed by atoms with Gasteiger partial charge in [0.2, 0.25) is 0 Å². The molecule has 0 saturated carbocycles. The van der Waals surface area contributed by atoms with Crippen molar-refractivity contribution in [3.8, 4) is 0 Å². The lowest BCUT2D eigenvalue weighted by Crippen LogP contribution is -2.27. The van der Waals surface area contributed by atoms with Crippen molar-refractivity contribution in [1.29, 1.82) is 0 Å². The summed E-state index contributed by atoms with van der Waals surface area (Å²) in [6.07, 6.45) is 1.66. The summed E-state index contributed by atoms with van der Waals surface area (Å²) in [5, 5.41) is 10.6. The van der Waals surface area contributed by atoms with Gasteiger partial charge in [0.05, 0.1) is 12.6 Å². The summed E-state index contributed by atoms with van der Waals surface area (Å²) in [6.45, 7) is -0.00977. The maximum absolute atomic E-state index is 11.5. The number of nitrogens with two attached hydrogens (primary N) is 1. The number of hydrogen-bond acceptors (Lipinski definition) is 6. The molecular weight excluding hydrogens is 212 g/mol. The fraction of sp³-hybridized carbons (Fsp3) is 0.556. The molecular formula is C9H14N4O3. The van der Waals surface area contributed by atoms with Crippen LogP contribution in [-0.2, 0) is 4.84 Å². The molecule has 2 heterocycles. The summed E-state index contributed by atoms with van der Waals surface area (Å²) in [4.78, 5) is 20.6. The van der Waals surface area contributed by atoms with Gasteiger partial charge in [-0.25, -0.2) is 4.79 Å². The van der Waals surface area contributed by atoms with Gasteiger partial charge in [-0.15, -0.1) is 0 Å². The van der Waals surface area contributed by atoms with Gasteiger partial charge in [0.25, 0.3) is 0 Å². The average Bonchev–Trinajstić information content (AvgIpc) is 2.59. The van der Waals surface area contributed by atoms with E-state index >= 15 is 0 Å². The minimum atomic E-state index is -0.447. The Morgan fingerprint density at radius 1 is 1.75 bits per heavy atom. The molecule has 7 nitrogen and oxygen atoms in total. The van der Waals surface area contributed by atoms with Gasteiger partial charge in [0, 0.05) is 19.7 Å². The summed E-state index contributed by atoms with van der Waals surface area (Å²) in [5.74, 6) is 0.186. The van der Waals surface area contributed by atoms with Crippen LogP contribution in [-0.4, -0.2) is 39.4 Å². The van der Waals surface area contributed by atoms with E-state index in [1.165, 1.54) is 10.6 Å². The number of nitrogen functional groups attached to an aromatic ring is 1. The SMILES string of the molecule is CN1O[C@@H](n2ccc(N)nc2=O)C[C@@H]1CO. The predicted octanol–water partition coefficient (Wildman–Crippen LogP) is -1.05. The Morgan fingerprint density at radius 2 is 2.50 bits per heavy atom. The number of nitrogens with zero attached hydrogens (tertiary/aromatic N) is 3. The lowest BCUT2D eigenvalue weighted by molar-refractivity contribution is -0.170. The molecule has 1 aliphatic heterocycles. The van der Waals surface area contributed by atoms with Crippen molar-refractivity contribution in [3.05, 3.63) is 22.7 Å². The van der Waals surface area contributed by atoms with Crippen LogP contribution < -0.4 is 11.4 Å². The molecule has 2 atom stereocenters. The Balaban J connectivity index is 2.23. The normalized spacial score (nSPS) is 26.1. The van der Waals surface area contributed by atoms with E-state index in [0.29, 0.717) is 6.42 Å². The Kier molecular flexibility index (Phi) is 2.90.